The van der Waals surface area contributed by atoms with E-state index in [0.717, 1.165) is 0 Å². The van der Waals surface area contributed by atoms with Crippen molar-refractivity contribution >= 4 is 10.1 Å². The van der Waals surface area contributed by atoms with Gasteiger partial charge in [-0.1, -0.05) is 0 Å². The zero-order chi connectivity index (χ0) is 11.4. The fraction of sp³-hybridized carbons (Fsp3) is 0.400. The number of halogens is 3. The lowest BCUT2D eigenvalue weighted by atomic mass is 10.9. The lowest BCUT2D eigenvalue weighted by Crippen LogP contribution is -2.22. The molecule has 0 spiro atoms. The lowest BCUT2D eigenvalue weighted by molar-refractivity contribution is -0.670. The van der Waals surface area contributed by atoms with Crippen molar-refractivity contribution < 1.29 is 30.7 Å². The molecule has 1 rings (SSSR count). The molecule has 0 atom stereocenters. The smallest absolute Gasteiger partial charge is 0.485 e. The number of aryl methyl sites for hydroxylation is 1. The third kappa shape index (κ3) is 4.82. The fourth-order valence-corrected chi connectivity index (χ4v) is 0.364. The zero-order valence-electron chi connectivity index (χ0n) is 6.95. The summed E-state index contributed by atoms with van der Waals surface area (Å²) >= 11 is 0. The van der Waals surface area contributed by atoms with Crippen molar-refractivity contribution in [3.05, 3.63) is 18.7 Å². The number of alkyl halides is 3. The van der Waals surface area contributed by atoms with Gasteiger partial charge in [0.15, 0.2) is 10.1 Å². The molecule has 0 bridgehead atoms. The number of nitrogens with zero attached hydrogens (tertiary/aromatic N) is 1. The van der Waals surface area contributed by atoms with Gasteiger partial charge in [0.2, 0.25) is 6.33 Å². The molecule has 1 N–H and O–H groups in total. The molecule has 0 amide bonds. The third-order valence-corrected chi connectivity index (χ3v) is 1.53. The van der Waals surface area contributed by atoms with Gasteiger partial charge in [0.05, 0.1) is 7.05 Å². The second-order valence-electron chi connectivity index (χ2n) is 2.18. The van der Waals surface area contributed by atoms with E-state index in [4.69, 9.17) is 13.0 Å². The summed E-state index contributed by atoms with van der Waals surface area (Å²) in [6.45, 7) is 0. The maximum Gasteiger partial charge on any atom is 0.485 e. The molecule has 5 nitrogen and oxygen atoms in total. The van der Waals surface area contributed by atoms with E-state index in [-0.39, 0.29) is 0 Å². The summed E-state index contributed by atoms with van der Waals surface area (Å²) in [6, 6.07) is 0. The molecule has 0 radical (unpaired) electrons. The van der Waals surface area contributed by atoms with Crippen LogP contribution in [-0.2, 0) is 17.2 Å². The van der Waals surface area contributed by atoms with Crippen LogP contribution in [0.2, 0.25) is 0 Å². The van der Waals surface area contributed by atoms with E-state index in [9.17, 15) is 13.2 Å². The van der Waals surface area contributed by atoms with Gasteiger partial charge in [-0.15, -0.1) is 0 Å². The van der Waals surface area contributed by atoms with Crippen LogP contribution in [0.1, 0.15) is 0 Å². The van der Waals surface area contributed by atoms with Crippen LogP contribution in [-0.4, -0.2) is 23.5 Å². The van der Waals surface area contributed by atoms with Crippen LogP contribution < -0.4 is 4.57 Å². The van der Waals surface area contributed by atoms with Gasteiger partial charge >= 0.3 is 5.51 Å². The molecule has 0 aliphatic heterocycles. The minimum absolute atomic E-state index is 1.88. The number of hydrogen-bond donors (Lipinski definition) is 1. The molecule has 0 saturated carbocycles. The number of nitrogens with one attached hydrogen (secondary N) is 1. The number of aromatic nitrogens is 2. The Morgan fingerprint density at radius 3 is 1.93 bits per heavy atom. The van der Waals surface area contributed by atoms with Gasteiger partial charge in [-0.05, 0) is 0 Å². The standard InChI is InChI=1S/C4H6N2.CHF3O3S/c1-6-3-2-5-4-6;2-1(3,4)8(5,6)7/h2-4H,1H3;(H,5,6,7). The van der Waals surface area contributed by atoms with Crippen LogP contribution in [0.5, 0.6) is 0 Å². The van der Waals surface area contributed by atoms with E-state index < -0.39 is 15.6 Å². The molecule has 9 heteroatoms. The fourth-order valence-electron chi connectivity index (χ4n) is 0.364. The molecule has 0 unspecified atom stereocenters. The Hall–Kier alpha value is -1.09. The number of imidazole rings is 1. The van der Waals surface area contributed by atoms with Crippen LogP contribution in [0.4, 0.5) is 13.2 Å². The summed E-state index contributed by atoms with van der Waals surface area (Å²) in [7, 11) is -4.12. The second kappa shape index (κ2) is 4.42. The molecule has 0 aromatic carbocycles. The van der Waals surface area contributed by atoms with Crippen LogP contribution in [0.3, 0.4) is 0 Å². The van der Waals surface area contributed by atoms with E-state index in [1.54, 1.807) is 0 Å². The first kappa shape index (κ1) is 12.9. The van der Waals surface area contributed by atoms with E-state index in [1.165, 1.54) is 0 Å². The second-order valence-corrected chi connectivity index (χ2v) is 3.55. The summed E-state index contributed by atoms with van der Waals surface area (Å²) < 4.78 is 60.8. The molecule has 14 heavy (non-hydrogen) atoms. The Labute approximate surface area is 77.9 Å². The van der Waals surface area contributed by atoms with Gasteiger partial charge in [-0.25, -0.2) is 13.0 Å². The van der Waals surface area contributed by atoms with Crippen molar-refractivity contribution in [1.29, 1.82) is 0 Å². The van der Waals surface area contributed by atoms with Crippen LogP contribution in [0.15, 0.2) is 18.7 Å². The first-order valence-electron chi connectivity index (χ1n) is 3.15. The summed E-state index contributed by atoms with van der Waals surface area (Å²) in [5.74, 6) is 0. The highest BCUT2D eigenvalue weighted by molar-refractivity contribution is 7.86. The van der Waals surface area contributed by atoms with Gasteiger partial charge in [0.1, 0.15) is 12.4 Å². The molecule has 1 aromatic heterocycles. The van der Waals surface area contributed by atoms with Crippen molar-refractivity contribution in [3.8, 4) is 0 Å². The monoisotopic (exact) mass is 232 g/mol. The quantitative estimate of drug-likeness (QED) is 0.385. The molecule has 0 aliphatic carbocycles. The Morgan fingerprint density at radius 2 is 1.86 bits per heavy atom. The summed E-state index contributed by atoms with van der Waals surface area (Å²) in [6.07, 6.45) is 5.69. The predicted octanol–water partition coefficient (Wildman–Crippen LogP) is -0.109. The minimum atomic E-state index is -6.09. The Morgan fingerprint density at radius 1 is 1.43 bits per heavy atom. The molecular formula is C5H7F3N2O3S. The highest BCUT2D eigenvalue weighted by atomic mass is 32.2. The van der Waals surface area contributed by atoms with E-state index in [1.807, 2.05) is 30.3 Å². The molecule has 0 aliphatic rings. The largest absolute Gasteiger partial charge is 0.741 e. The maximum absolute atomic E-state index is 10.7. The molecule has 1 heterocycles. The molecular weight excluding hydrogens is 225 g/mol. The van der Waals surface area contributed by atoms with Crippen molar-refractivity contribution in [2.24, 2.45) is 7.05 Å². The van der Waals surface area contributed by atoms with Gasteiger partial charge in [0.25, 0.3) is 0 Å². The third-order valence-electron chi connectivity index (χ3n) is 0.968. The van der Waals surface area contributed by atoms with Crippen LogP contribution in [0, 0.1) is 0 Å². The average molecular weight is 232 g/mol. The van der Waals surface area contributed by atoms with Gasteiger partial charge in [-0.2, -0.15) is 13.2 Å². The number of aromatic amines is 1. The lowest BCUT2D eigenvalue weighted by Gasteiger charge is -2.08. The summed E-state index contributed by atoms with van der Waals surface area (Å²) in [4.78, 5) is 2.89. The predicted molar refractivity (Wildman–Crippen MR) is 37.7 cm³/mol. The Balaban J connectivity index is 0.000000249. The Bertz CT molecular complexity index is 356. The maximum atomic E-state index is 10.7. The normalized spacial score (nSPS) is 11.8. The van der Waals surface area contributed by atoms with E-state index in [2.05, 4.69) is 4.98 Å². The first-order valence-corrected chi connectivity index (χ1v) is 4.55. The molecule has 0 saturated heterocycles. The van der Waals surface area contributed by atoms with Crippen LogP contribution >= 0.6 is 0 Å². The molecule has 0 fully saturated rings. The summed E-state index contributed by atoms with van der Waals surface area (Å²) in [5, 5.41) is 0. The molecule has 82 valence electrons. The Kier molecular flexibility index (Phi) is 4.08. The topological polar surface area (TPSA) is 76.9 Å². The number of H-pyrrole nitrogens is 1. The van der Waals surface area contributed by atoms with Crippen LogP contribution in [0.25, 0.3) is 0 Å². The van der Waals surface area contributed by atoms with Crippen molar-refractivity contribution in [3.63, 3.8) is 0 Å². The highest BCUT2D eigenvalue weighted by Crippen LogP contribution is 2.20. The zero-order valence-corrected chi connectivity index (χ0v) is 7.76. The van der Waals surface area contributed by atoms with Crippen molar-refractivity contribution in [2.75, 3.05) is 0 Å². The van der Waals surface area contributed by atoms with Gasteiger partial charge in [0, 0.05) is 0 Å². The van der Waals surface area contributed by atoms with Gasteiger partial charge < -0.3 is 4.55 Å². The summed E-state index contributed by atoms with van der Waals surface area (Å²) in [5.41, 5.74) is -5.65. The number of rotatable bonds is 0. The van der Waals surface area contributed by atoms with E-state index in [0.29, 0.717) is 0 Å². The van der Waals surface area contributed by atoms with Crippen molar-refractivity contribution in [1.82, 2.24) is 4.98 Å². The highest BCUT2D eigenvalue weighted by Gasteiger charge is 2.36. The van der Waals surface area contributed by atoms with Crippen molar-refractivity contribution in [2.45, 2.75) is 5.51 Å². The minimum Gasteiger partial charge on any atom is -0.741 e. The van der Waals surface area contributed by atoms with E-state index >= 15 is 0 Å². The number of hydrogen-bond acceptors (Lipinski definition) is 3. The molecule has 1 aromatic rings. The average Bonchev–Trinajstić information content (AvgIpc) is 2.35. The first-order chi connectivity index (χ1) is 6.14. The SMILES string of the molecule is C[n+]1cc[nH]c1.O=S(=O)([O-])C(F)(F)F. The van der Waals surface area contributed by atoms with Gasteiger partial charge in [-0.3, -0.25) is 4.98 Å².